The number of carbonyl (C=O) groups excluding carboxylic acids is 1. The van der Waals surface area contributed by atoms with Crippen molar-refractivity contribution in [3.05, 3.63) is 129 Å². The number of nitrogens with zero attached hydrogens (tertiary/aromatic N) is 2. The molecule has 7 heteroatoms. The average molecular weight is 468 g/mol. The lowest BCUT2D eigenvalue weighted by Gasteiger charge is -2.31. The van der Waals surface area contributed by atoms with Gasteiger partial charge in [0.15, 0.2) is 0 Å². The number of hydrogen-bond acceptors (Lipinski definition) is 6. The highest BCUT2D eigenvalue weighted by atomic mass is 16.6. The van der Waals surface area contributed by atoms with Crippen LogP contribution in [0.1, 0.15) is 36.5 Å². The van der Waals surface area contributed by atoms with Crippen molar-refractivity contribution in [3.63, 3.8) is 0 Å². The maximum atomic E-state index is 13.4. The lowest BCUT2D eigenvalue weighted by atomic mass is 9.78. The molecule has 7 nitrogen and oxygen atoms in total. The number of ether oxygens (including phenoxy) is 1. The van der Waals surface area contributed by atoms with Crippen LogP contribution in [0.4, 0.5) is 5.69 Å². The van der Waals surface area contributed by atoms with Crippen molar-refractivity contribution in [3.8, 4) is 0 Å². The summed E-state index contributed by atoms with van der Waals surface area (Å²) in [5.41, 5.74) is 5.22. The molecule has 35 heavy (non-hydrogen) atoms. The molecule has 2 aromatic carbocycles. The van der Waals surface area contributed by atoms with E-state index >= 15 is 0 Å². The Balaban J connectivity index is 1.70. The van der Waals surface area contributed by atoms with Crippen LogP contribution in [-0.4, -0.2) is 22.5 Å². The standard InChI is InChI=1S/C28H25N3O4/c1-19-25(22-13-15-29-16-14-22)27(23-11-6-12-24(18-23)31(33)34)26(20(2)30-19)28(32)35-17-7-10-21-8-4-3-5-9-21/h3-16,18,27,30H,17H2,1-2H3. The van der Waals surface area contributed by atoms with Gasteiger partial charge in [0.2, 0.25) is 0 Å². The van der Waals surface area contributed by atoms with Crippen molar-refractivity contribution < 1.29 is 14.5 Å². The number of non-ortho nitro benzene ring substituents is 1. The molecule has 0 radical (unpaired) electrons. The van der Waals surface area contributed by atoms with E-state index in [4.69, 9.17) is 4.74 Å². The van der Waals surface area contributed by atoms with E-state index in [9.17, 15) is 14.9 Å². The summed E-state index contributed by atoms with van der Waals surface area (Å²) in [6.07, 6.45) is 7.03. The van der Waals surface area contributed by atoms with Gasteiger partial charge >= 0.3 is 5.97 Å². The Labute approximate surface area is 203 Å². The van der Waals surface area contributed by atoms with Crippen LogP contribution in [-0.2, 0) is 9.53 Å². The summed E-state index contributed by atoms with van der Waals surface area (Å²) in [5, 5.41) is 14.8. The number of allylic oxidation sites excluding steroid dienone is 3. The molecular weight excluding hydrogens is 442 g/mol. The van der Waals surface area contributed by atoms with E-state index in [1.54, 1.807) is 30.6 Å². The molecule has 0 saturated heterocycles. The molecular formula is C28H25N3O4. The second kappa shape index (κ2) is 10.6. The summed E-state index contributed by atoms with van der Waals surface area (Å²) in [6.45, 7) is 3.83. The number of rotatable bonds is 7. The highest BCUT2D eigenvalue weighted by molar-refractivity contribution is 5.97. The van der Waals surface area contributed by atoms with Crippen molar-refractivity contribution in [2.45, 2.75) is 19.8 Å². The number of dihydropyridines is 1. The first-order valence-electron chi connectivity index (χ1n) is 11.2. The van der Waals surface area contributed by atoms with Gasteiger partial charge in [0, 0.05) is 41.8 Å². The van der Waals surface area contributed by atoms with Gasteiger partial charge in [0.25, 0.3) is 5.69 Å². The zero-order chi connectivity index (χ0) is 24.8. The van der Waals surface area contributed by atoms with Gasteiger partial charge in [-0.1, -0.05) is 48.5 Å². The monoisotopic (exact) mass is 467 g/mol. The van der Waals surface area contributed by atoms with Gasteiger partial charge in [-0.2, -0.15) is 0 Å². The molecule has 4 rings (SSSR count). The largest absolute Gasteiger partial charge is 0.458 e. The number of nitro groups is 1. The molecule has 3 aromatic rings. The Kier molecular flexibility index (Phi) is 7.16. The lowest BCUT2D eigenvalue weighted by molar-refractivity contribution is -0.384. The fourth-order valence-electron chi connectivity index (χ4n) is 4.28. The van der Waals surface area contributed by atoms with Crippen LogP contribution in [0.2, 0.25) is 0 Å². The Bertz CT molecular complexity index is 1330. The Morgan fingerprint density at radius 1 is 1.06 bits per heavy atom. The summed E-state index contributed by atoms with van der Waals surface area (Å²) in [6, 6.07) is 19.8. The van der Waals surface area contributed by atoms with Gasteiger partial charge in [0.05, 0.1) is 10.5 Å². The molecule has 0 bridgehead atoms. The molecule has 1 unspecified atom stereocenters. The minimum absolute atomic E-state index is 0.0380. The fraction of sp³-hybridized carbons (Fsp3) is 0.143. The van der Waals surface area contributed by atoms with Crippen LogP contribution in [0, 0.1) is 10.1 Å². The molecule has 1 N–H and O–H groups in total. The third-order valence-electron chi connectivity index (χ3n) is 5.81. The van der Waals surface area contributed by atoms with Crippen LogP contribution in [0.25, 0.3) is 11.6 Å². The topological polar surface area (TPSA) is 94.4 Å². The maximum Gasteiger partial charge on any atom is 0.337 e. The summed E-state index contributed by atoms with van der Waals surface area (Å²) in [7, 11) is 0. The van der Waals surface area contributed by atoms with Gasteiger partial charge in [0.1, 0.15) is 6.61 Å². The van der Waals surface area contributed by atoms with Gasteiger partial charge in [-0.3, -0.25) is 15.1 Å². The maximum absolute atomic E-state index is 13.4. The molecule has 0 saturated carbocycles. The van der Waals surface area contributed by atoms with E-state index in [0.29, 0.717) is 16.8 Å². The summed E-state index contributed by atoms with van der Waals surface area (Å²) in [5.74, 6) is -1.03. The Morgan fingerprint density at radius 3 is 2.51 bits per heavy atom. The molecule has 0 amide bonds. The number of carbonyl (C=O) groups is 1. The molecule has 1 aromatic heterocycles. The average Bonchev–Trinajstić information content (AvgIpc) is 2.87. The summed E-state index contributed by atoms with van der Waals surface area (Å²) < 4.78 is 5.63. The molecule has 0 fully saturated rings. The predicted octanol–water partition coefficient (Wildman–Crippen LogP) is 5.64. The second-order valence-corrected chi connectivity index (χ2v) is 8.13. The molecule has 1 aliphatic rings. The molecule has 1 atom stereocenters. The SMILES string of the molecule is CC1=C(C(=O)OCC=Cc2ccccc2)C(c2cccc([N+](=O)[O-])c2)C(c2ccncc2)=C(C)N1. The van der Waals surface area contributed by atoms with Crippen molar-refractivity contribution >= 4 is 23.3 Å². The Morgan fingerprint density at radius 2 is 1.80 bits per heavy atom. The van der Waals surface area contributed by atoms with Crippen LogP contribution in [0.3, 0.4) is 0 Å². The van der Waals surface area contributed by atoms with E-state index < -0.39 is 16.8 Å². The zero-order valence-electron chi connectivity index (χ0n) is 19.5. The third kappa shape index (κ3) is 5.35. The van der Waals surface area contributed by atoms with Crippen LogP contribution < -0.4 is 5.32 Å². The number of nitro benzene ring substituents is 1. The van der Waals surface area contributed by atoms with Gasteiger partial charge in [-0.05, 0) is 54.3 Å². The van der Waals surface area contributed by atoms with E-state index in [2.05, 4.69) is 10.3 Å². The second-order valence-electron chi connectivity index (χ2n) is 8.13. The van der Waals surface area contributed by atoms with E-state index in [1.807, 2.05) is 62.4 Å². The van der Waals surface area contributed by atoms with Crippen LogP contribution >= 0.6 is 0 Å². The van der Waals surface area contributed by atoms with E-state index in [0.717, 1.165) is 22.4 Å². The number of nitrogens with one attached hydrogen (secondary N) is 1. The van der Waals surface area contributed by atoms with Crippen LogP contribution in [0.5, 0.6) is 0 Å². The first-order valence-corrected chi connectivity index (χ1v) is 11.2. The molecule has 1 aliphatic heterocycles. The summed E-state index contributed by atoms with van der Waals surface area (Å²) >= 11 is 0. The first kappa shape index (κ1) is 23.6. The number of hydrogen-bond donors (Lipinski definition) is 1. The Hall–Kier alpha value is -4.52. The smallest absolute Gasteiger partial charge is 0.337 e. The van der Waals surface area contributed by atoms with Gasteiger partial charge in [-0.15, -0.1) is 0 Å². The molecule has 0 aliphatic carbocycles. The van der Waals surface area contributed by atoms with Crippen molar-refractivity contribution in [1.29, 1.82) is 0 Å². The van der Waals surface area contributed by atoms with Crippen molar-refractivity contribution in [1.82, 2.24) is 10.3 Å². The third-order valence-corrected chi connectivity index (χ3v) is 5.81. The lowest BCUT2D eigenvalue weighted by Crippen LogP contribution is -2.28. The van der Waals surface area contributed by atoms with E-state index in [1.165, 1.54) is 12.1 Å². The van der Waals surface area contributed by atoms with E-state index in [-0.39, 0.29) is 12.3 Å². The first-order chi connectivity index (χ1) is 17.0. The van der Waals surface area contributed by atoms with Gasteiger partial charge < -0.3 is 10.1 Å². The minimum atomic E-state index is -0.552. The fourth-order valence-corrected chi connectivity index (χ4v) is 4.28. The number of benzene rings is 2. The number of aromatic nitrogens is 1. The zero-order valence-corrected chi connectivity index (χ0v) is 19.5. The highest BCUT2D eigenvalue weighted by Crippen LogP contribution is 2.44. The van der Waals surface area contributed by atoms with Crippen LogP contribution in [0.15, 0.2) is 102 Å². The predicted molar refractivity (Wildman–Crippen MR) is 135 cm³/mol. The van der Waals surface area contributed by atoms with Crippen molar-refractivity contribution in [2.75, 3.05) is 6.61 Å². The van der Waals surface area contributed by atoms with Gasteiger partial charge in [-0.25, -0.2) is 4.79 Å². The highest BCUT2D eigenvalue weighted by Gasteiger charge is 2.35. The van der Waals surface area contributed by atoms with Crippen molar-refractivity contribution in [2.24, 2.45) is 0 Å². The normalized spacial score (nSPS) is 15.8. The summed E-state index contributed by atoms with van der Waals surface area (Å²) in [4.78, 5) is 28.5. The number of pyridine rings is 1. The quantitative estimate of drug-likeness (QED) is 0.275. The minimum Gasteiger partial charge on any atom is -0.458 e. The molecule has 176 valence electrons. The molecule has 0 spiro atoms. The number of esters is 1. The molecule has 2 heterocycles.